The van der Waals surface area contributed by atoms with Gasteiger partial charge >= 0.3 is 0 Å². The molecule has 6 rings (SSSR count). The molecule has 0 radical (unpaired) electrons. The first-order valence-electron chi connectivity index (χ1n) is 17.6. The van der Waals surface area contributed by atoms with Crippen molar-refractivity contribution in [1.29, 1.82) is 0 Å². The molecule has 1 N–H and O–H groups in total. The number of aromatic nitrogens is 2. The van der Waals surface area contributed by atoms with E-state index in [1.165, 1.54) is 29.8 Å². The summed E-state index contributed by atoms with van der Waals surface area (Å²) in [6.07, 6.45) is 5.75. The van der Waals surface area contributed by atoms with Crippen LogP contribution >= 0.6 is 11.6 Å². The Bertz CT molecular complexity index is 2260. The number of imidazole rings is 1. The van der Waals surface area contributed by atoms with Crippen LogP contribution in [0.1, 0.15) is 81.9 Å². The monoisotopic (exact) mass is 739 g/mol. The van der Waals surface area contributed by atoms with Crippen LogP contribution in [0.2, 0.25) is 5.02 Å². The minimum absolute atomic E-state index is 0.0329. The fourth-order valence-electron chi connectivity index (χ4n) is 6.60. The van der Waals surface area contributed by atoms with Crippen molar-refractivity contribution in [3.63, 3.8) is 0 Å². The van der Waals surface area contributed by atoms with E-state index in [0.717, 1.165) is 36.6 Å². The van der Waals surface area contributed by atoms with Crippen molar-refractivity contribution >= 4 is 50.1 Å². The molecular formula is C40H42ClN5O5S. The summed E-state index contributed by atoms with van der Waals surface area (Å²) in [5.74, 6) is -1.48. The second-order valence-corrected chi connectivity index (χ2v) is 15.2. The van der Waals surface area contributed by atoms with Crippen molar-refractivity contribution in [1.82, 2.24) is 24.1 Å². The lowest BCUT2D eigenvalue weighted by Gasteiger charge is -2.30. The molecule has 1 aromatic heterocycles. The van der Waals surface area contributed by atoms with Crippen LogP contribution in [0, 0.1) is 0 Å². The van der Waals surface area contributed by atoms with Crippen LogP contribution in [-0.2, 0) is 30.0 Å². The molecule has 0 fully saturated rings. The average molecular weight is 740 g/mol. The van der Waals surface area contributed by atoms with Crippen LogP contribution in [0.4, 0.5) is 0 Å². The Morgan fingerprint density at radius 3 is 2.37 bits per heavy atom. The highest BCUT2D eigenvalue weighted by Crippen LogP contribution is 2.32. The number of carbonyl (C=O) groups excluding carboxylic acids is 3. The van der Waals surface area contributed by atoms with E-state index in [4.69, 9.17) is 11.6 Å². The summed E-state index contributed by atoms with van der Waals surface area (Å²) < 4.78 is 30.8. The highest BCUT2D eigenvalue weighted by Gasteiger charge is 2.30. The number of amides is 3. The number of hydrogen-bond donors (Lipinski definition) is 1. The average Bonchev–Trinajstić information content (AvgIpc) is 3.54. The number of rotatable bonds is 12. The van der Waals surface area contributed by atoms with E-state index in [0.29, 0.717) is 54.3 Å². The number of carbonyl (C=O) groups is 3. The van der Waals surface area contributed by atoms with E-state index < -0.39 is 15.9 Å². The van der Waals surface area contributed by atoms with E-state index in [9.17, 15) is 22.8 Å². The summed E-state index contributed by atoms with van der Waals surface area (Å²) in [6.45, 7) is 6.13. The van der Waals surface area contributed by atoms with Crippen molar-refractivity contribution in [3.8, 4) is 11.3 Å². The topological polar surface area (TPSA) is 122 Å². The summed E-state index contributed by atoms with van der Waals surface area (Å²) in [5, 5.41) is 1.67. The van der Waals surface area contributed by atoms with Crippen molar-refractivity contribution in [3.05, 3.63) is 118 Å². The van der Waals surface area contributed by atoms with Gasteiger partial charge in [0.15, 0.2) is 5.69 Å². The second kappa shape index (κ2) is 15.7. The van der Waals surface area contributed by atoms with Crippen molar-refractivity contribution in [2.45, 2.75) is 57.4 Å². The second-order valence-electron chi connectivity index (χ2n) is 13.1. The zero-order chi connectivity index (χ0) is 37.0. The summed E-state index contributed by atoms with van der Waals surface area (Å²) in [5.41, 5.74) is 3.39. The fourth-order valence-corrected chi connectivity index (χ4v) is 7.83. The Hall–Kier alpha value is -5.00. The molecule has 0 saturated heterocycles. The number of unbranched alkanes of at least 4 members (excludes halogenated alkanes) is 2. The number of fused-ring (bicyclic) bond motifs is 2. The van der Waals surface area contributed by atoms with Crippen LogP contribution in [0.5, 0.6) is 0 Å². The molecule has 3 amide bonds. The lowest BCUT2D eigenvalue weighted by molar-refractivity contribution is 0.0729. The molecule has 1 aliphatic rings. The van der Waals surface area contributed by atoms with E-state index in [1.54, 1.807) is 47.1 Å². The van der Waals surface area contributed by atoms with Gasteiger partial charge in [0.05, 0.1) is 16.9 Å². The van der Waals surface area contributed by atoms with Gasteiger partial charge in [-0.1, -0.05) is 86.8 Å². The first kappa shape index (κ1) is 36.8. The van der Waals surface area contributed by atoms with E-state index in [-0.39, 0.29) is 33.5 Å². The molecule has 0 atom stereocenters. The van der Waals surface area contributed by atoms with E-state index >= 15 is 0 Å². The standard InChI is InChI=1S/C40H42ClN5O5S/c1-4-6-20-45(21-7-5-2)40(49)36-37(44(3)26-42-36)32-18-16-29(23-34(32)39(48)46-22-19-27-11-8-9-12-30(27)25-46)38(47)43-52(50,51)31-17-15-28-13-10-14-35(41)33(28)24-31/h8-18,23-24,26H,4-7,19-22,25H2,1-3H3,(H,43,47). The number of nitrogens with one attached hydrogen (secondary N) is 1. The molecule has 0 bridgehead atoms. The lowest BCUT2D eigenvalue weighted by Crippen LogP contribution is -2.37. The molecule has 4 aromatic carbocycles. The van der Waals surface area contributed by atoms with Gasteiger partial charge in [-0.05, 0) is 66.1 Å². The predicted octanol–water partition coefficient (Wildman–Crippen LogP) is 7.25. The highest BCUT2D eigenvalue weighted by atomic mass is 35.5. The first-order chi connectivity index (χ1) is 25.0. The number of benzene rings is 4. The largest absolute Gasteiger partial charge is 0.337 e. The molecule has 10 nitrogen and oxygen atoms in total. The van der Waals surface area contributed by atoms with Gasteiger partial charge in [0.1, 0.15) is 0 Å². The predicted molar refractivity (Wildman–Crippen MR) is 203 cm³/mol. The van der Waals surface area contributed by atoms with Gasteiger partial charge in [-0.2, -0.15) is 0 Å². The molecule has 270 valence electrons. The fraction of sp³-hybridized carbons (Fsp3) is 0.300. The molecule has 5 aromatic rings. The van der Waals surface area contributed by atoms with Gasteiger partial charge in [0, 0.05) is 60.3 Å². The SMILES string of the molecule is CCCCN(CCCC)C(=O)c1ncn(C)c1-c1ccc(C(=O)NS(=O)(=O)c2ccc3cccc(Cl)c3c2)cc1C(=O)N1CCc2ccccc2C1. The smallest absolute Gasteiger partial charge is 0.274 e. The van der Waals surface area contributed by atoms with Crippen LogP contribution in [-0.4, -0.2) is 65.1 Å². The Morgan fingerprint density at radius 2 is 1.63 bits per heavy atom. The van der Waals surface area contributed by atoms with Gasteiger partial charge in [-0.3, -0.25) is 14.4 Å². The summed E-state index contributed by atoms with van der Waals surface area (Å²) >= 11 is 6.33. The maximum absolute atomic E-state index is 14.5. The molecular weight excluding hydrogens is 698 g/mol. The van der Waals surface area contributed by atoms with Gasteiger partial charge in [0.2, 0.25) is 0 Å². The third kappa shape index (κ3) is 7.61. The molecule has 0 saturated carbocycles. The first-order valence-corrected chi connectivity index (χ1v) is 19.4. The molecule has 12 heteroatoms. The number of halogens is 1. The van der Waals surface area contributed by atoms with Gasteiger partial charge in [-0.25, -0.2) is 18.1 Å². The van der Waals surface area contributed by atoms with Crippen molar-refractivity contribution < 1.29 is 22.8 Å². The third-order valence-electron chi connectivity index (χ3n) is 9.51. The van der Waals surface area contributed by atoms with Crippen LogP contribution < -0.4 is 4.72 Å². The Labute approximate surface area is 309 Å². The van der Waals surface area contributed by atoms with Crippen LogP contribution in [0.3, 0.4) is 0 Å². The van der Waals surface area contributed by atoms with Crippen molar-refractivity contribution in [2.75, 3.05) is 19.6 Å². The number of aryl methyl sites for hydroxylation is 1. The summed E-state index contributed by atoms with van der Waals surface area (Å²) in [7, 11) is -2.56. The van der Waals surface area contributed by atoms with Crippen LogP contribution in [0.15, 0.2) is 90.1 Å². The zero-order valence-corrected chi connectivity index (χ0v) is 31.1. The minimum Gasteiger partial charge on any atom is -0.337 e. The number of nitrogens with zero attached hydrogens (tertiary/aromatic N) is 4. The van der Waals surface area contributed by atoms with E-state index in [2.05, 4.69) is 23.6 Å². The quantitative estimate of drug-likeness (QED) is 0.144. The molecule has 1 aliphatic heterocycles. The molecule has 0 aliphatic carbocycles. The van der Waals surface area contributed by atoms with Gasteiger partial charge in [-0.15, -0.1) is 0 Å². The third-order valence-corrected chi connectivity index (χ3v) is 11.2. The molecule has 0 spiro atoms. The summed E-state index contributed by atoms with van der Waals surface area (Å²) in [4.78, 5) is 50.2. The number of sulfonamides is 1. The molecule has 2 heterocycles. The maximum atomic E-state index is 14.5. The van der Waals surface area contributed by atoms with Gasteiger partial charge in [0.25, 0.3) is 27.7 Å². The Balaban J connectivity index is 1.39. The minimum atomic E-state index is -4.32. The normalized spacial score (nSPS) is 12.8. The molecule has 52 heavy (non-hydrogen) atoms. The van der Waals surface area contributed by atoms with E-state index in [1.807, 2.05) is 35.2 Å². The van der Waals surface area contributed by atoms with Crippen LogP contribution in [0.25, 0.3) is 22.0 Å². The Kier molecular flexibility index (Phi) is 11.1. The molecule has 0 unspecified atom stereocenters. The Morgan fingerprint density at radius 1 is 0.904 bits per heavy atom. The highest BCUT2D eigenvalue weighted by molar-refractivity contribution is 7.90. The summed E-state index contributed by atoms with van der Waals surface area (Å²) in [6, 6.07) is 22.1. The van der Waals surface area contributed by atoms with Crippen molar-refractivity contribution in [2.24, 2.45) is 7.05 Å². The number of hydrogen-bond acceptors (Lipinski definition) is 6. The maximum Gasteiger partial charge on any atom is 0.274 e. The zero-order valence-electron chi connectivity index (χ0n) is 29.6. The van der Waals surface area contributed by atoms with Gasteiger partial charge < -0.3 is 14.4 Å². The lowest BCUT2D eigenvalue weighted by atomic mass is 9.95.